The number of carbonyl (C=O) groups is 4. The molecule has 0 radical (unpaired) electrons. The molecular weight excluding hydrogens is 831 g/mol. The number of anilines is 5. The van der Waals surface area contributed by atoms with Gasteiger partial charge in [-0.3, -0.25) is 24.4 Å². The molecule has 6 bridgehead atoms. The van der Waals surface area contributed by atoms with Crippen molar-refractivity contribution in [3.63, 3.8) is 0 Å². The summed E-state index contributed by atoms with van der Waals surface area (Å²) < 4.78 is 105. The van der Waals surface area contributed by atoms with Crippen molar-refractivity contribution in [3.8, 4) is 5.75 Å². The second kappa shape index (κ2) is 20.1. The van der Waals surface area contributed by atoms with Gasteiger partial charge >= 0.3 is 36.1 Å². The second-order valence-electron chi connectivity index (χ2n) is 12.6. The maximum Gasteiger partial charge on any atom is 0.458 e. The standard InChI is InChI=1S/C30H31ClN8O2.C4F6O2.C2HF3O/c31-26-19-34-29-36-25-14-21(16-33-18-25)3-4-22-15-23(35-28(26)38-29)5-6-27(22)41-13-9-20-7-11-39(12-8-20)30(40)37-24-2-1-10-32-17-24;5-3(6,7)1(11)2(12)4(8,9)10;3-2(4,5)1-6/h1-2,5-6,10,14-20H,3-4,7-9,11-13H2,(H,37,40)(H2,34,35,36,38);;1H. The van der Waals surface area contributed by atoms with E-state index in [0.29, 0.717) is 35.0 Å². The van der Waals surface area contributed by atoms with Crippen LogP contribution in [0.3, 0.4) is 0 Å². The number of nitrogens with one attached hydrogen (secondary N) is 3. The van der Waals surface area contributed by atoms with Crippen LogP contribution in [0, 0.1) is 5.92 Å². The molecule has 316 valence electrons. The number of carbonyl (C=O) groups excluding carboxylic acids is 4. The number of pyridine rings is 2. The number of amides is 2. The Kier molecular flexibility index (Phi) is 15.5. The largest absolute Gasteiger partial charge is 0.493 e. The molecule has 0 saturated carbocycles. The summed E-state index contributed by atoms with van der Waals surface area (Å²) in [6, 6.07) is 11.7. The lowest BCUT2D eigenvalue weighted by atomic mass is 9.94. The van der Waals surface area contributed by atoms with Gasteiger partial charge in [0, 0.05) is 31.2 Å². The third kappa shape index (κ3) is 14.7. The molecule has 2 amide bonds. The van der Waals surface area contributed by atoms with Crippen molar-refractivity contribution in [2.45, 2.75) is 50.6 Å². The minimum atomic E-state index is -5.77. The Hall–Kier alpha value is -6.06. The average Bonchev–Trinajstić information content (AvgIpc) is 3.19. The highest BCUT2D eigenvalue weighted by atomic mass is 35.5. The van der Waals surface area contributed by atoms with Gasteiger partial charge in [-0.1, -0.05) is 11.6 Å². The van der Waals surface area contributed by atoms with Crippen LogP contribution >= 0.6 is 11.6 Å². The van der Waals surface area contributed by atoms with Gasteiger partial charge in [0.2, 0.25) is 12.2 Å². The molecule has 6 rings (SSSR count). The second-order valence-corrected chi connectivity index (χ2v) is 13.0. The number of likely N-dealkylation sites (tertiary alicyclic amines) is 1. The van der Waals surface area contributed by atoms with Crippen molar-refractivity contribution in [2.24, 2.45) is 5.92 Å². The number of aryl methyl sites for hydroxylation is 2. The van der Waals surface area contributed by atoms with Crippen LogP contribution in [0.15, 0.2) is 67.4 Å². The highest BCUT2D eigenvalue weighted by Crippen LogP contribution is 2.31. The van der Waals surface area contributed by atoms with Gasteiger partial charge in [0.15, 0.2) is 5.82 Å². The molecule has 2 aliphatic rings. The highest BCUT2D eigenvalue weighted by Gasteiger charge is 2.54. The fraction of sp³-hybridized carbons (Fsp3) is 0.333. The molecule has 0 aliphatic carbocycles. The van der Waals surface area contributed by atoms with E-state index < -0.39 is 36.4 Å². The monoisotopic (exact) mass is 862 g/mol. The Bertz CT molecular complexity index is 2060. The molecule has 4 aromatic rings. The molecule has 1 fully saturated rings. The third-order valence-electron chi connectivity index (χ3n) is 8.25. The molecule has 5 heterocycles. The number of piperidine rings is 1. The van der Waals surface area contributed by atoms with E-state index in [-0.39, 0.29) is 6.03 Å². The number of benzene rings is 1. The van der Waals surface area contributed by atoms with Crippen molar-refractivity contribution in [1.82, 2.24) is 24.8 Å². The van der Waals surface area contributed by atoms with E-state index in [9.17, 15) is 53.9 Å². The molecular formula is C36H32ClF9N8O5. The number of hydrogen-bond acceptors (Lipinski definition) is 11. The van der Waals surface area contributed by atoms with Crippen LogP contribution in [0.25, 0.3) is 0 Å². The van der Waals surface area contributed by atoms with Crippen LogP contribution in [0.2, 0.25) is 5.02 Å². The number of alkyl halides is 9. The molecule has 1 aromatic carbocycles. The molecule has 59 heavy (non-hydrogen) atoms. The lowest BCUT2D eigenvalue weighted by molar-refractivity contribution is -0.193. The molecule has 0 spiro atoms. The fourth-order valence-electron chi connectivity index (χ4n) is 5.40. The predicted octanol–water partition coefficient (Wildman–Crippen LogP) is 8.22. The number of urea groups is 1. The zero-order chi connectivity index (χ0) is 43.4. The van der Waals surface area contributed by atoms with Gasteiger partial charge < -0.3 is 25.6 Å². The van der Waals surface area contributed by atoms with Gasteiger partial charge in [-0.25, -0.2) is 9.78 Å². The maximum atomic E-state index is 12.6. The number of Topliss-reactive ketones (excluding diaryl/α,β-unsaturated/α-hetero) is 2. The number of nitrogens with zero attached hydrogens (tertiary/aromatic N) is 5. The number of rotatable bonds is 6. The summed E-state index contributed by atoms with van der Waals surface area (Å²) in [6.45, 7) is 2.09. The number of ketones is 2. The van der Waals surface area contributed by atoms with E-state index in [0.717, 1.165) is 73.4 Å². The van der Waals surface area contributed by atoms with Crippen LogP contribution in [0.5, 0.6) is 5.75 Å². The van der Waals surface area contributed by atoms with Crippen molar-refractivity contribution < 1.29 is 63.4 Å². The Morgan fingerprint density at radius 3 is 2.15 bits per heavy atom. The summed E-state index contributed by atoms with van der Waals surface area (Å²) >= 11 is 6.39. The highest BCUT2D eigenvalue weighted by molar-refractivity contribution is 6.41. The fourth-order valence-corrected chi connectivity index (χ4v) is 5.54. The smallest absolute Gasteiger partial charge is 0.458 e. The van der Waals surface area contributed by atoms with Crippen molar-refractivity contribution >= 4 is 64.3 Å². The summed E-state index contributed by atoms with van der Waals surface area (Å²) in [4.78, 5) is 59.7. The normalized spacial score (nSPS) is 14.1. The van der Waals surface area contributed by atoms with Gasteiger partial charge in [0.25, 0.3) is 0 Å². The quantitative estimate of drug-likeness (QED) is 0.0971. The predicted molar refractivity (Wildman–Crippen MR) is 194 cm³/mol. The lowest BCUT2D eigenvalue weighted by Gasteiger charge is -2.32. The molecule has 2 aliphatic heterocycles. The Labute approximate surface area is 333 Å². The van der Waals surface area contributed by atoms with Crippen molar-refractivity contribution in [2.75, 3.05) is 35.6 Å². The number of aromatic nitrogens is 4. The molecule has 0 unspecified atom stereocenters. The summed E-state index contributed by atoms with van der Waals surface area (Å²) in [5.74, 6) is -4.47. The Balaban J connectivity index is 0.000000358. The van der Waals surface area contributed by atoms with Crippen molar-refractivity contribution in [1.29, 1.82) is 0 Å². The first-order chi connectivity index (χ1) is 27.7. The van der Waals surface area contributed by atoms with Crippen LogP contribution in [-0.2, 0) is 27.2 Å². The number of hydrogen-bond donors (Lipinski definition) is 3. The first-order valence-electron chi connectivity index (χ1n) is 17.2. The topological polar surface area (TPSA) is 168 Å². The van der Waals surface area contributed by atoms with Gasteiger partial charge in [0.05, 0.1) is 36.6 Å². The summed E-state index contributed by atoms with van der Waals surface area (Å²) in [6.07, 6.45) is -4.25. The molecule has 1 saturated heterocycles. The van der Waals surface area contributed by atoms with Gasteiger partial charge in [-0.15, -0.1) is 0 Å². The zero-order valence-electron chi connectivity index (χ0n) is 30.2. The maximum absolute atomic E-state index is 12.6. The average molecular weight is 863 g/mol. The van der Waals surface area contributed by atoms with Crippen molar-refractivity contribution in [3.05, 3.63) is 83.5 Å². The molecule has 23 heteroatoms. The van der Waals surface area contributed by atoms with Crippen LogP contribution in [-0.4, -0.2) is 86.9 Å². The van der Waals surface area contributed by atoms with Gasteiger partial charge in [0.1, 0.15) is 10.8 Å². The number of aldehydes is 1. The van der Waals surface area contributed by atoms with E-state index in [4.69, 9.17) is 21.1 Å². The Morgan fingerprint density at radius 2 is 1.54 bits per heavy atom. The van der Waals surface area contributed by atoms with Crippen LogP contribution < -0.4 is 20.7 Å². The van der Waals surface area contributed by atoms with E-state index in [1.54, 1.807) is 24.8 Å². The van der Waals surface area contributed by atoms with Gasteiger partial charge in [-0.2, -0.15) is 44.5 Å². The molecule has 3 aromatic heterocycles. The van der Waals surface area contributed by atoms with Gasteiger partial charge in [-0.05, 0) is 85.5 Å². The minimum absolute atomic E-state index is 0.0719. The minimum Gasteiger partial charge on any atom is -0.493 e. The number of fused-ring (bicyclic) bond motifs is 6. The van der Waals surface area contributed by atoms with Crippen LogP contribution in [0.1, 0.15) is 30.4 Å². The van der Waals surface area contributed by atoms with E-state index in [2.05, 4.69) is 48.0 Å². The number of halogens is 10. The zero-order valence-corrected chi connectivity index (χ0v) is 31.0. The summed E-state index contributed by atoms with van der Waals surface area (Å²) in [7, 11) is 0. The van der Waals surface area contributed by atoms with Crippen LogP contribution in [0.4, 0.5) is 73.1 Å². The molecule has 13 nitrogen and oxygen atoms in total. The molecule has 3 N–H and O–H groups in total. The summed E-state index contributed by atoms with van der Waals surface area (Å²) in [5, 5.41) is 9.89. The summed E-state index contributed by atoms with van der Waals surface area (Å²) in [5.41, 5.74) is 4.61. The lowest BCUT2D eigenvalue weighted by Crippen LogP contribution is -2.41. The Morgan fingerprint density at radius 1 is 0.864 bits per heavy atom. The first-order valence-corrected chi connectivity index (χ1v) is 17.6. The molecule has 0 atom stereocenters. The van der Waals surface area contributed by atoms with E-state index in [1.165, 1.54) is 0 Å². The SMILES string of the molecule is O=C(C(=O)C(F)(F)F)C(F)(F)F.O=C(Nc1cccnc1)N1CCC(CCOc2ccc3cc2CCc2cncc(c2)Nc2ncc(Cl)c(n2)N3)CC1.O=CC(F)(F)F. The first kappa shape index (κ1) is 45.6. The third-order valence-corrected chi connectivity index (χ3v) is 8.53. The van der Waals surface area contributed by atoms with E-state index >= 15 is 0 Å². The number of ether oxygens (including phenoxy) is 1. The van der Waals surface area contributed by atoms with E-state index in [1.807, 2.05) is 35.4 Å².